The summed E-state index contributed by atoms with van der Waals surface area (Å²) in [7, 11) is 0. The van der Waals surface area contributed by atoms with Crippen molar-refractivity contribution in [1.29, 1.82) is 0 Å². The van der Waals surface area contributed by atoms with Crippen molar-refractivity contribution in [2.45, 2.75) is 32.7 Å². The van der Waals surface area contributed by atoms with E-state index < -0.39 is 0 Å². The first-order chi connectivity index (χ1) is 8.36. The summed E-state index contributed by atoms with van der Waals surface area (Å²) in [5, 5.41) is 5.51. The number of hydrogen-bond donors (Lipinski definition) is 1. The van der Waals surface area contributed by atoms with Gasteiger partial charge in [0, 0.05) is 23.8 Å². The number of aromatic nitrogens is 2. The standard InChI is InChI=1S/C13H19N3S/c1-3-7-14-13-15-8-9-16(13)11(4-2)12-6-5-10-17-12/h5-6,8-11H,3-4,7H2,1-2H3,(H,14,15). The molecule has 4 heteroatoms. The molecule has 1 N–H and O–H groups in total. The normalized spacial score (nSPS) is 12.6. The smallest absolute Gasteiger partial charge is 0.203 e. The number of nitrogens with one attached hydrogen (secondary N) is 1. The second kappa shape index (κ2) is 5.87. The summed E-state index contributed by atoms with van der Waals surface area (Å²) in [5.41, 5.74) is 0. The van der Waals surface area contributed by atoms with Crippen LogP contribution in [0.15, 0.2) is 29.9 Å². The average Bonchev–Trinajstić information content (AvgIpc) is 2.99. The van der Waals surface area contributed by atoms with Crippen molar-refractivity contribution in [1.82, 2.24) is 9.55 Å². The Kier molecular flexibility index (Phi) is 4.20. The molecule has 2 aromatic rings. The fourth-order valence-corrected chi connectivity index (χ4v) is 2.86. The molecule has 0 aliphatic carbocycles. The molecule has 2 rings (SSSR count). The molecule has 0 saturated carbocycles. The van der Waals surface area contributed by atoms with E-state index >= 15 is 0 Å². The average molecular weight is 249 g/mol. The van der Waals surface area contributed by atoms with Gasteiger partial charge in [0.1, 0.15) is 0 Å². The molecule has 1 unspecified atom stereocenters. The minimum atomic E-state index is 0.400. The van der Waals surface area contributed by atoms with Crippen LogP contribution < -0.4 is 5.32 Å². The lowest BCUT2D eigenvalue weighted by molar-refractivity contribution is 0.580. The largest absolute Gasteiger partial charge is 0.356 e. The minimum absolute atomic E-state index is 0.400. The number of nitrogens with zero attached hydrogens (tertiary/aromatic N) is 2. The minimum Gasteiger partial charge on any atom is -0.356 e. The maximum Gasteiger partial charge on any atom is 0.203 e. The quantitative estimate of drug-likeness (QED) is 0.844. The Morgan fingerprint density at radius 2 is 2.35 bits per heavy atom. The number of rotatable bonds is 6. The van der Waals surface area contributed by atoms with Crippen molar-refractivity contribution >= 4 is 17.3 Å². The van der Waals surface area contributed by atoms with Gasteiger partial charge in [-0.25, -0.2) is 4.98 Å². The molecule has 0 spiro atoms. The zero-order valence-electron chi connectivity index (χ0n) is 10.4. The van der Waals surface area contributed by atoms with Crippen molar-refractivity contribution in [2.75, 3.05) is 11.9 Å². The number of imidazole rings is 1. The highest BCUT2D eigenvalue weighted by atomic mass is 32.1. The Morgan fingerprint density at radius 3 is 3.00 bits per heavy atom. The SMILES string of the molecule is CCCNc1nccn1C(CC)c1cccs1. The van der Waals surface area contributed by atoms with Crippen LogP contribution in [-0.4, -0.2) is 16.1 Å². The fraction of sp³-hybridized carbons (Fsp3) is 0.462. The van der Waals surface area contributed by atoms with Crippen molar-refractivity contribution in [3.63, 3.8) is 0 Å². The van der Waals surface area contributed by atoms with Gasteiger partial charge in [0.05, 0.1) is 6.04 Å². The van der Waals surface area contributed by atoms with Gasteiger partial charge in [-0.05, 0) is 24.3 Å². The lowest BCUT2D eigenvalue weighted by Gasteiger charge is -2.18. The number of hydrogen-bond acceptors (Lipinski definition) is 3. The van der Waals surface area contributed by atoms with Crippen LogP contribution in [0.1, 0.15) is 37.6 Å². The predicted octanol–water partition coefficient (Wildman–Crippen LogP) is 3.77. The van der Waals surface area contributed by atoms with Gasteiger partial charge in [-0.2, -0.15) is 0 Å². The molecule has 17 heavy (non-hydrogen) atoms. The molecular formula is C13H19N3S. The van der Waals surface area contributed by atoms with Gasteiger partial charge in [-0.3, -0.25) is 0 Å². The first-order valence-corrected chi connectivity index (χ1v) is 7.04. The molecule has 0 aromatic carbocycles. The van der Waals surface area contributed by atoms with Crippen LogP contribution >= 0.6 is 11.3 Å². The zero-order chi connectivity index (χ0) is 12.1. The molecule has 2 heterocycles. The summed E-state index contributed by atoms with van der Waals surface area (Å²) in [6, 6.07) is 4.71. The van der Waals surface area contributed by atoms with E-state index in [1.165, 1.54) is 4.88 Å². The highest BCUT2D eigenvalue weighted by molar-refractivity contribution is 7.10. The van der Waals surface area contributed by atoms with Crippen LogP contribution in [0.25, 0.3) is 0 Å². The third kappa shape index (κ3) is 2.69. The molecular weight excluding hydrogens is 230 g/mol. The Balaban J connectivity index is 2.22. The van der Waals surface area contributed by atoms with Crippen LogP contribution in [0.4, 0.5) is 5.95 Å². The summed E-state index contributed by atoms with van der Waals surface area (Å²) in [6.45, 7) is 5.35. The zero-order valence-corrected chi connectivity index (χ0v) is 11.2. The van der Waals surface area contributed by atoms with Crippen molar-refractivity contribution < 1.29 is 0 Å². The first kappa shape index (κ1) is 12.2. The van der Waals surface area contributed by atoms with Crippen LogP contribution in [-0.2, 0) is 0 Å². The van der Waals surface area contributed by atoms with E-state index in [2.05, 4.69) is 52.4 Å². The summed E-state index contributed by atoms with van der Waals surface area (Å²) in [6.07, 6.45) is 6.13. The van der Waals surface area contributed by atoms with Crippen molar-refractivity contribution in [3.8, 4) is 0 Å². The predicted molar refractivity (Wildman–Crippen MR) is 73.8 cm³/mol. The number of anilines is 1. The molecule has 0 amide bonds. The fourth-order valence-electron chi connectivity index (χ4n) is 1.95. The van der Waals surface area contributed by atoms with E-state index in [-0.39, 0.29) is 0 Å². The monoisotopic (exact) mass is 249 g/mol. The molecule has 1 atom stereocenters. The van der Waals surface area contributed by atoms with Crippen LogP contribution in [0.2, 0.25) is 0 Å². The molecule has 2 aromatic heterocycles. The lowest BCUT2D eigenvalue weighted by atomic mass is 10.2. The maximum absolute atomic E-state index is 4.39. The molecule has 0 fully saturated rings. The van der Waals surface area contributed by atoms with Gasteiger partial charge in [-0.1, -0.05) is 19.9 Å². The lowest BCUT2D eigenvalue weighted by Crippen LogP contribution is -2.13. The Labute approximate surface area is 107 Å². The van der Waals surface area contributed by atoms with E-state index in [4.69, 9.17) is 0 Å². The second-order valence-corrected chi connectivity index (χ2v) is 5.00. The van der Waals surface area contributed by atoms with Gasteiger partial charge < -0.3 is 9.88 Å². The first-order valence-electron chi connectivity index (χ1n) is 6.17. The highest BCUT2D eigenvalue weighted by Crippen LogP contribution is 2.28. The van der Waals surface area contributed by atoms with Gasteiger partial charge in [0.15, 0.2) is 0 Å². The molecule has 0 aliphatic rings. The summed E-state index contributed by atoms with van der Waals surface area (Å²) in [4.78, 5) is 5.78. The molecule has 0 radical (unpaired) electrons. The third-order valence-electron chi connectivity index (χ3n) is 2.80. The molecule has 92 valence electrons. The van der Waals surface area contributed by atoms with Gasteiger partial charge in [0.2, 0.25) is 5.95 Å². The Bertz CT molecular complexity index is 433. The van der Waals surface area contributed by atoms with Gasteiger partial charge in [0.25, 0.3) is 0 Å². The maximum atomic E-state index is 4.39. The van der Waals surface area contributed by atoms with Gasteiger partial charge in [-0.15, -0.1) is 11.3 Å². The Hall–Kier alpha value is -1.29. The van der Waals surface area contributed by atoms with Crippen LogP contribution in [0.5, 0.6) is 0 Å². The van der Waals surface area contributed by atoms with E-state index in [1.807, 2.05) is 17.5 Å². The topological polar surface area (TPSA) is 29.9 Å². The molecule has 3 nitrogen and oxygen atoms in total. The van der Waals surface area contributed by atoms with E-state index in [1.54, 1.807) is 0 Å². The van der Waals surface area contributed by atoms with E-state index in [0.29, 0.717) is 6.04 Å². The summed E-state index contributed by atoms with van der Waals surface area (Å²) >= 11 is 1.81. The highest BCUT2D eigenvalue weighted by Gasteiger charge is 2.15. The third-order valence-corrected chi connectivity index (χ3v) is 3.77. The summed E-state index contributed by atoms with van der Waals surface area (Å²) in [5.74, 6) is 0.979. The van der Waals surface area contributed by atoms with E-state index in [9.17, 15) is 0 Å². The molecule has 0 saturated heterocycles. The van der Waals surface area contributed by atoms with Crippen LogP contribution in [0.3, 0.4) is 0 Å². The molecule has 0 aliphatic heterocycles. The van der Waals surface area contributed by atoms with E-state index in [0.717, 1.165) is 25.3 Å². The number of thiophene rings is 1. The Morgan fingerprint density at radius 1 is 1.47 bits per heavy atom. The second-order valence-electron chi connectivity index (χ2n) is 4.02. The van der Waals surface area contributed by atoms with Crippen LogP contribution in [0, 0.1) is 0 Å². The van der Waals surface area contributed by atoms with Crippen molar-refractivity contribution in [2.24, 2.45) is 0 Å². The van der Waals surface area contributed by atoms with Crippen molar-refractivity contribution in [3.05, 3.63) is 34.8 Å². The molecule has 0 bridgehead atoms. The van der Waals surface area contributed by atoms with Gasteiger partial charge >= 0.3 is 0 Å². The summed E-state index contributed by atoms with van der Waals surface area (Å²) < 4.78 is 2.24.